The van der Waals surface area contributed by atoms with Crippen LogP contribution in [0, 0.1) is 0 Å². The van der Waals surface area contributed by atoms with Crippen molar-refractivity contribution in [2.45, 2.75) is 31.8 Å². The molecule has 0 spiro atoms. The van der Waals surface area contributed by atoms with Crippen molar-refractivity contribution >= 4 is 16.9 Å². The highest BCUT2D eigenvalue weighted by molar-refractivity contribution is 5.77. The van der Waals surface area contributed by atoms with E-state index in [4.69, 9.17) is 5.73 Å². The number of rotatable bonds is 2. The predicted octanol–water partition coefficient (Wildman–Crippen LogP) is 0.771. The van der Waals surface area contributed by atoms with Gasteiger partial charge in [-0.2, -0.15) is 15.0 Å². The van der Waals surface area contributed by atoms with Crippen molar-refractivity contribution in [3.05, 3.63) is 24.3 Å². The van der Waals surface area contributed by atoms with E-state index in [0.717, 1.165) is 36.8 Å². The highest BCUT2D eigenvalue weighted by atomic mass is 16.2. The molecule has 106 valence electrons. The quantitative estimate of drug-likeness (QED) is 0.877. The summed E-state index contributed by atoms with van der Waals surface area (Å²) in [7, 11) is 0. The molecule has 1 fully saturated rings. The summed E-state index contributed by atoms with van der Waals surface area (Å²) in [4.78, 5) is 15.6. The van der Waals surface area contributed by atoms with E-state index in [2.05, 4.69) is 10.2 Å². The SMILES string of the molecule is NC1CCCCN(C(=O)Cn2nc3ccccc3n2)C1. The summed E-state index contributed by atoms with van der Waals surface area (Å²) in [5, 5.41) is 8.63. The van der Waals surface area contributed by atoms with Gasteiger partial charge in [0.05, 0.1) is 0 Å². The highest BCUT2D eigenvalue weighted by Crippen LogP contribution is 2.11. The summed E-state index contributed by atoms with van der Waals surface area (Å²) in [5.41, 5.74) is 7.61. The molecule has 1 amide bonds. The highest BCUT2D eigenvalue weighted by Gasteiger charge is 2.20. The van der Waals surface area contributed by atoms with Crippen molar-refractivity contribution in [2.24, 2.45) is 5.73 Å². The number of nitrogens with two attached hydrogens (primary N) is 1. The topological polar surface area (TPSA) is 77.0 Å². The summed E-state index contributed by atoms with van der Waals surface area (Å²) in [6, 6.07) is 7.70. The lowest BCUT2D eigenvalue weighted by Gasteiger charge is -2.22. The molecule has 1 unspecified atom stereocenters. The van der Waals surface area contributed by atoms with Crippen LogP contribution in [0.25, 0.3) is 11.0 Å². The monoisotopic (exact) mass is 273 g/mol. The maximum absolute atomic E-state index is 12.3. The molecule has 2 N–H and O–H groups in total. The number of nitrogens with zero attached hydrogens (tertiary/aromatic N) is 4. The average Bonchev–Trinajstić information content (AvgIpc) is 2.71. The summed E-state index contributed by atoms with van der Waals surface area (Å²) in [5.74, 6) is 0.0441. The number of amides is 1. The molecule has 2 heterocycles. The molecule has 6 heteroatoms. The van der Waals surface area contributed by atoms with E-state index in [9.17, 15) is 4.79 Å². The van der Waals surface area contributed by atoms with Crippen molar-refractivity contribution in [3.63, 3.8) is 0 Å². The number of carbonyl (C=O) groups is 1. The van der Waals surface area contributed by atoms with Crippen molar-refractivity contribution in [3.8, 4) is 0 Å². The van der Waals surface area contributed by atoms with E-state index in [-0.39, 0.29) is 18.5 Å². The van der Waals surface area contributed by atoms with Gasteiger partial charge in [-0.25, -0.2) is 0 Å². The van der Waals surface area contributed by atoms with Gasteiger partial charge in [-0.05, 0) is 25.0 Å². The van der Waals surface area contributed by atoms with Crippen LogP contribution in [-0.2, 0) is 11.3 Å². The normalized spacial score (nSPS) is 20.1. The number of carbonyl (C=O) groups excluding carboxylic acids is 1. The zero-order valence-electron chi connectivity index (χ0n) is 11.4. The van der Waals surface area contributed by atoms with Gasteiger partial charge in [0.15, 0.2) is 0 Å². The van der Waals surface area contributed by atoms with Crippen molar-refractivity contribution in [1.82, 2.24) is 19.9 Å². The molecule has 3 rings (SSSR count). The third-order valence-electron chi connectivity index (χ3n) is 3.67. The van der Waals surface area contributed by atoms with Crippen LogP contribution in [0.1, 0.15) is 19.3 Å². The second-order valence-electron chi connectivity index (χ2n) is 5.31. The van der Waals surface area contributed by atoms with Gasteiger partial charge in [0.2, 0.25) is 5.91 Å². The summed E-state index contributed by atoms with van der Waals surface area (Å²) < 4.78 is 0. The van der Waals surface area contributed by atoms with E-state index >= 15 is 0 Å². The first-order valence-corrected chi connectivity index (χ1v) is 7.05. The van der Waals surface area contributed by atoms with Crippen LogP contribution in [0.3, 0.4) is 0 Å². The molecular weight excluding hydrogens is 254 g/mol. The summed E-state index contributed by atoms with van der Waals surface area (Å²) >= 11 is 0. The maximum Gasteiger partial charge on any atom is 0.246 e. The van der Waals surface area contributed by atoms with E-state index in [0.29, 0.717) is 6.54 Å². The Morgan fingerprint density at radius 1 is 1.25 bits per heavy atom. The molecule has 1 atom stereocenters. The van der Waals surface area contributed by atoms with Crippen molar-refractivity contribution < 1.29 is 4.79 Å². The second kappa shape index (κ2) is 5.58. The molecular formula is C14H19N5O. The Balaban J connectivity index is 1.71. The Morgan fingerprint density at radius 2 is 1.95 bits per heavy atom. The van der Waals surface area contributed by atoms with Crippen molar-refractivity contribution in [2.75, 3.05) is 13.1 Å². The van der Waals surface area contributed by atoms with Gasteiger partial charge in [-0.3, -0.25) is 4.79 Å². The number of likely N-dealkylation sites (tertiary alicyclic amines) is 1. The Bertz CT molecular complexity index is 575. The molecule has 1 aromatic carbocycles. The lowest BCUT2D eigenvalue weighted by molar-refractivity contribution is -0.132. The lowest BCUT2D eigenvalue weighted by Crippen LogP contribution is -2.41. The molecule has 1 aliphatic heterocycles. The molecule has 0 saturated carbocycles. The molecule has 2 aromatic rings. The molecule has 0 radical (unpaired) electrons. The van der Waals surface area contributed by atoms with Gasteiger partial charge in [0, 0.05) is 19.1 Å². The van der Waals surface area contributed by atoms with E-state index in [1.165, 1.54) is 4.80 Å². The van der Waals surface area contributed by atoms with Gasteiger partial charge >= 0.3 is 0 Å². The van der Waals surface area contributed by atoms with Crippen LogP contribution in [0.2, 0.25) is 0 Å². The van der Waals surface area contributed by atoms with E-state index < -0.39 is 0 Å². The largest absolute Gasteiger partial charge is 0.339 e. The number of hydrogen-bond acceptors (Lipinski definition) is 4. The first-order valence-electron chi connectivity index (χ1n) is 7.05. The minimum Gasteiger partial charge on any atom is -0.339 e. The Kier molecular flexibility index (Phi) is 3.64. The van der Waals surface area contributed by atoms with Gasteiger partial charge in [-0.15, -0.1) is 0 Å². The third-order valence-corrected chi connectivity index (χ3v) is 3.67. The van der Waals surface area contributed by atoms with Crippen molar-refractivity contribution in [1.29, 1.82) is 0 Å². The standard InChI is InChI=1S/C14H19N5O/c15-11-5-3-4-8-18(9-11)14(20)10-19-16-12-6-1-2-7-13(12)17-19/h1-2,6-7,11H,3-5,8-10,15H2. The lowest BCUT2D eigenvalue weighted by atomic mass is 10.2. The number of fused-ring (bicyclic) bond motifs is 1. The van der Waals surface area contributed by atoms with Gasteiger partial charge in [0.1, 0.15) is 17.6 Å². The molecule has 0 bridgehead atoms. The third kappa shape index (κ3) is 2.80. The molecule has 1 aliphatic rings. The number of hydrogen-bond donors (Lipinski definition) is 1. The smallest absolute Gasteiger partial charge is 0.246 e. The van der Waals surface area contributed by atoms with Crippen LogP contribution < -0.4 is 5.73 Å². The minimum atomic E-state index is 0.0441. The zero-order chi connectivity index (χ0) is 13.9. The van der Waals surface area contributed by atoms with E-state index in [1.54, 1.807) is 0 Å². The van der Waals surface area contributed by atoms with Crippen LogP contribution in [0.15, 0.2) is 24.3 Å². The van der Waals surface area contributed by atoms with E-state index in [1.807, 2.05) is 29.2 Å². The van der Waals surface area contributed by atoms with Crippen LogP contribution in [-0.4, -0.2) is 44.9 Å². The Morgan fingerprint density at radius 3 is 2.65 bits per heavy atom. The fraction of sp³-hybridized carbons (Fsp3) is 0.500. The average molecular weight is 273 g/mol. The molecule has 20 heavy (non-hydrogen) atoms. The molecule has 0 aliphatic carbocycles. The predicted molar refractivity (Wildman–Crippen MR) is 75.9 cm³/mol. The Hall–Kier alpha value is -1.95. The van der Waals surface area contributed by atoms with Crippen LogP contribution in [0.5, 0.6) is 0 Å². The fourth-order valence-electron chi connectivity index (χ4n) is 2.60. The molecule has 1 saturated heterocycles. The number of aromatic nitrogens is 3. The van der Waals surface area contributed by atoms with Crippen LogP contribution >= 0.6 is 0 Å². The fourth-order valence-corrected chi connectivity index (χ4v) is 2.60. The summed E-state index contributed by atoms with van der Waals surface area (Å²) in [6.45, 7) is 1.61. The first-order chi connectivity index (χ1) is 9.72. The minimum absolute atomic E-state index is 0.0441. The van der Waals surface area contributed by atoms with Gasteiger partial charge in [-0.1, -0.05) is 18.6 Å². The number of benzene rings is 1. The van der Waals surface area contributed by atoms with Gasteiger partial charge in [0.25, 0.3) is 0 Å². The summed E-state index contributed by atoms with van der Waals surface area (Å²) in [6.07, 6.45) is 3.11. The zero-order valence-corrected chi connectivity index (χ0v) is 11.4. The first kappa shape index (κ1) is 13.1. The van der Waals surface area contributed by atoms with Gasteiger partial charge < -0.3 is 10.6 Å². The molecule has 1 aromatic heterocycles. The second-order valence-corrected chi connectivity index (χ2v) is 5.31. The van der Waals surface area contributed by atoms with Crippen LogP contribution in [0.4, 0.5) is 0 Å². The Labute approximate surface area is 117 Å². The maximum atomic E-state index is 12.3. The molecule has 6 nitrogen and oxygen atoms in total.